The molecule has 100 valence electrons. The molecule has 1 amide bonds. The summed E-state index contributed by atoms with van der Waals surface area (Å²) < 4.78 is 1.88. The number of carbonyl (C=O) groups excluding carboxylic acids is 1. The van der Waals surface area contributed by atoms with Crippen molar-refractivity contribution in [2.75, 3.05) is 6.54 Å². The highest BCUT2D eigenvalue weighted by atomic mass is 16.2. The molecule has 0 aromatic carbocycles. The van der Waals surface area contributed by atoms with E-state index in [1.807, 2.05) is 40.9 Å². The van der Waals surface area contributed by atoms with E-state index in [2.05, 4.69) is 10.2 Å². The molecule has 0 spiro atoms. The molecule has 1 saturated heterocycles. The fourth-order valence-corrected chi connectivity index (χ4v) is 2.78. The summed E-state index contributed by atoms with van der Waals surface area (Å²) in [6, 6.07) is 5.86. The third kappa shape index (κ3) is 2.16. The number of aryl methyl sites for hydroxylation is 1. The van der Waals surface area contributed by atoms with Crippen LogP contribution in [0.1, 0.15) is 41.5 Å². The first-order valence-corrected chi connectivity index (χ1v) is 6.69. The van der Waals surface area contributed by atoms with Crippen molar-refractivity contribution in [3.63, 3.8) is 0 Å². The van der Waals surface area contributed by atoms with Gasteiger partial charge in [0.25, 0.3) is 5.91 Å². The van der Waals surface area contributed by atoms with Gasteiger partial charge in [-0.2, -0.15) is 5.10 Å². The molecule has 19 heavy (non-hydrogen) atoms. The van der Waals surface area contributed by atoms with Crippen LogP contribution in [0.3, 0.4) is 0 Å². The quantitative estimate of drug-likeness (QED) is 0.897. The molecule has 0 bridgehead atoms. The number of H-pyrrole nitrogens is 1. The summed E-state index contributed by atoms with van der Waals surface area (Å²) in [5, 5.41) is 7.00. The van der Waals surface area contributed by atoms with Crippen molar-refractivity contribution in [1.29, 1.82) is 0 Å². The zero-order valence-corrected chi connectivity index (χ0v) is 11.0. The van der Waals surface area contributed by atoms with E-state index in [9.17, 15) is 4.79 Å². The standard InChI is InChI=1S/C14H18N4O/c1-17-9-4-6-13(17)14(19)18-10-3-2-5-12(18)11-7-8-15-16-11/h4,6-9,12H,2-3,5,10H2,1H3,(H,15,16)/t12-/m0/s1. The average molecular weight is 258 g/mol. The summed E-state index contributed by atoms with van der Waals surface area (Å²) in [6.07, 6.45) is 6.87. The smallest absolute Gasteiger partial charge is 0.271 e. The Bertz CT molecular complexity index is 558. The molecule has 5 nitrogen and oxygen atoms in total. The number of aromatic nitrogens is 3. The van der Waals surface area contributed by atoms with Crippen LogP contribution in [0.4, 0.5) is 0 Å². The Morgan fingerprint density at radius 3 is 3.00 bits per heavy atom. The van der Waals surface area contributed by atoms with Gasteiger partial charge < -0.3 is 9.47 Å². The summed E-state index contributed by atoms with van der Waals surface area (Å²) in [6.45, 7) is 0.813. The number of aromatic amines is 1. The number of nitrogens with one attached hydrogen (secondary N) is 1. The second kappa shape index (κ2) is 4.91. The van der Waals surface area contributed by atoms with Crippen LogP contribution in [0.15, 0.2) is 30.6 Å². The van der Waals surface area contributed by atoms with Crippen LogP contribution in [0.25, 0.3) is 0 Å². The molecule has 0 unspecified atom stereocenters. The topological polar surface area (TPSA) is 53.9 Å². The number of rotatable bonds is 2. The van der Waals surface area contributed by atoms with Gasteiger partial charge in [0, 0.05) is 26.0 Å². The molecule has 2 aromatic rings. The van der Waals surface area contributed by atoms with E-state index in [1.165, 1.54) is 0 Å². The van der Waals surface area contributed by atoms with Crippen LogP contribution in [0, 0.1) is 0 Å². The minimum absolute atomic E-state index is 0.104. The van der Waals surface area contributed by atoms with Crippen LogP contribution < -0.4 is 0 Å². The first kappa shape index (κ1) is 12.0. The van der Waals surface area contributed by atoms with Crippen molar-refractivity contribution in [2.24, 2.45) is 7.05 Å². The van der Waals surface area contributed by atoms with Crippen molar-refractivity contribution in [2.45, 2.75) is 25.3 Å². The third-order valence-corrected chi connectivity index (χ3v) is 3.81. The number of likely N-dealkylation sites (tertiary alicyclic amines) is 1. The predicted molar refractivity (Wildman–Crippen MR) is 71.6 cm³/mol. The highest BCUT2D eigenvalue weighted by molar-refractivity contribution is 5.93. The van der Waals surface area contributed by atoms with E-state index in [4.69, 9.17) is 0 Å². The second-order valence-electron chi connectivity index (χ2n) is 5.03. The van der Waals surface area contributed by atoms with Gasteiger partial charge in [0.15, 0.2) is 0 Å². The molecule has 5 heteroatoms. The molecular formula is C14H18N4O. The van der Waals surface area contributed by atoms with Crippen molar-refractivity contribution in [1.82, 2.24) is 19.7 Å². The summed E-state index contributed by atoms with van der Waals surface area (Å²) in [5.41, 5.74) is 1.77. The lowest BCUT2D eigenvalue weighted by atomic mass is 9.99. The molecule has 1 fully saturated rings. The summed E-state index contributed by atoms with van der Waals surface area (Å²) >= 11 is 0. The van der Waals surface area contributed by atoms with Crippen molar-refractivity contribution < 1.29 is 4.79 Å². The van der Waals surface area contributed by atoms with Crippen LogP contribution in [0.2, 0.25) is 0 Å². The Morgan fingerprint density at radius 1 is 1.42 bits per heavy atom. The molecule has 1 N–H and O–H groups in total. The van der Waals surface area contributed by atoms with Gasteiger partial charge in [0.05, 0.1) is 11.7 Å². The first-order valence-electron chi connectivity index (χ1n) is 6.69. The molecule has 3 rings (SSSR count). The average Bonchev–Trinajstić information content (AvgIpc) is 3.09. The molecule has 1 aliphatic rings. The zero-order chi connectivity index (χ0) is 13.2. The van der Waals surface area contributed by atoms with Gasteiger partial charge in [-0.15, -0.1) is 0 Å². The van der Waals surface area contributed by atoms with E-state index in [-0.39, 0.29) is 11.9 Å². The molecule has 2 aromatic heterocycles. The van der Waals surface area contributed by atoms with Gasteiger partial charge in [-0.1, -0.05) is 0 Å². The molecular weight excluding hydrogens is 240 g/mol. The molecule has 0 radical (unpaired) electrons. The zero-order valence-electron chi connectivity index (χ0n) is 11.0. The largest absolute Gasteiger partial charge is 0.347 e. The van der Waals surface area contributed by atoms with Gasteiger partial charge in [-0.3, -0.25) is 9.89 Å². The number of hydrogen-bond acceptors (Lipinski definition) is 2. The number of hydrogen-bond donors (Lipinski definition) is 1. The maximum atomic E-state index is 12.7. The van der Waals surface area contributed by atoms with Crippen LogP contribution >= 0.6 is 0 Å². The Hall–Kier alpha value is -2.04. The maximum absolute atomic E-state index is 12.7. The summed E-state index contributed by atoms with van der Waals surface area (Å²) in [7, 11) is 1.91. The lowest BCUT2D eigenvalue weighted by Gasteiger charge is -2.35. The van der Waals surface area contributed by atoms with Crippen molar-refractivity contribution >= 4 is 5.91 Å². The molecule has 0 aliphatic carbocycles. The van der Waals surface area contributed by atoms with Crippen molar-refractivity contribution in [3.8, 4) is 0 Å². The van der Waals surface area contributed by atoms with Crippen LogP contribution in [-0.4, -0.2) is 32.1 Å². The van der Waals surface area contributed by atoms with Gasteiger partial charge in [0.1, 0.15) is 5.69 Å². The van der Waals surface area contributed by atoms with E-state index < -0.39 is 0 Å². The monoisotopic (exact) mass is 258 g/mol. The normalized spacial score (nSPS) is 19.6. The first-order chi connectivity index (χ1) is 9.27. The van der Waals surface area contributed by atoms with Gasteiger partial charge in [-0.05, 0) is 37.5 Å². The van der Waals surface area contributed by atoms with E-state index >= 15 is 0 Å². The van der Waals surface area contributed by atoms with Crippen LogP contribution in [-0.2, 0) is 7.05 Å². The van der Waals surface area contributed by atoms with Crippen molar-refractivity contribution in [3.05, 3.63) is 42.0 Å². The highest BCUT2D eigenvalue weighted by Gasteiger charge is 2.30. The molecule has 1 atom stereocenters. The molecule has 0 saturated carbocycles. The Morgan fingerprint density at radius 2 is 2.32 bits per heavy atom. The van der Waals surface area contributed by atoms with E-state index in [0.29, 0.717) is 0 Å². The van der Waals surface area contributed by atoms with Gasteiger partial charge in [0.2, 0.25) is 0 Å². The Balaban J connectivity index is 1.89. The van der Waals surface area contributed by atoms with E-state index in [0.717, 1.165) is 37.2 Å². The van der Waals surface area contributed by atoms with Gasteiger partial charge >= 0.3 is 0 Å². The predicted octanol–water partition coefficient (Wildman–Crippen LogP) is 2.12. The summed E-state index contributed by atoms with van der Waals surface area (Å²) in [4.78, 5) is 14.6. The number of piperidine rings is 1. The Kier molecular flexibility index (Phi) is 3.11. The third-order valence-electron chi connectivity index (χ3n) is 3.81. The van der Waals surface area contributed by atoms with Crippen LogP contribution in [0.5, 0.6) is 0 Å². The molecule has 1 aliphatic heterocycles. The highest BCUT2D eigenvalue weighted by Crippen LogP contribution is 2.30. The summed E-state index contributed by atoms with van der Waals surface area (Å²) in [5.74, 6) is 0.104. The number of nitrogens with zero attached hydrogens (tertiary/aromatic N) is 3. The maximum Gasteiger partial charge on any atom is 0.271 e. The lowest BCUT2D eigenvalue weighted by molar-refractivity contribution is 0.0596. The fourth-order valence-electron chi connectivity index (χ4n) is 2.78. The SMILES string of the molecule is Cn1cccc1C(=O)N1CCCC[C@H]1c1ccn[nH]1. The van der Waals surface area contributed by atoms with E-state index in [1.54, 1.807) is 6.20 Å². The second-order valence-corrected chi connectivity index (χ2v) is 5.03. The molecule has 3 heterocycles. The fraction of sp³-hybridized carbons (Fsp3) is 0.429. The number of amides is 1. The minimum Gasteiger partial charge on any atom is -0.347 e. The lowest BCUT2D eigenvalue weighted by Crippen LogP contribution is -2.39. The Labute approximate surface area is 112 Å². The minimum atomic E-state index is 0.104. The number of carbonyl (C=O) groups is 1. The van der Waals surface area contributed by atoms with Gasteiger partial charge in [-0.25, -0.2) is 0 Å².